The number of nitrogens with zero attached hydrogens (tertiary/aromatic N) is 1. The van der Waals surface area contributed by atoms with Crippen LogP contribution in [0.1, 0.15) is 10.5 Å². The fourth-order valence-corrected chi connectivity index (χ4v) is 2.47. The molecule has 2 aromatic rings. The van der Waals surface area contributed by atoms with Gasteiger partial charge in [-0.2, -0.15) is 0 Å². The topological polar surface area (TPSA) is 42.0 Å². The molecule has 1 aromatic heterocycles. The van der Waals surface area contributed by atoms with Gasteiger partial charge in [0.1, 0.15) is 5.69 Å². The summed E-state index contributed by atoms with van der Waals surface area (Å²) in [6.07, 6.45) is 3.33. The molecule has 0 aliphatic carbocycles. The minimum atomic E-state index is -0.279. The Bertz CT molecular complexity index is 631. The zero-order valence-electron chi connectivity index (χ0n) is 10.7. The molecule has 2 rings (SSSR count). The first-order valence-corrected chi connectivity index (χ1v) is 7.32. The predicted octanol–water partition coefficient (Wildman–Crippen LogP) is 4.27. The second-order valence-electron chi connectivity index (χ2n) is 3.91. The summed E-state index contributed by atoms with van der Waals surface area (Å²) < 4.78 is 0. The molecule has 5 heteroatoms. The maximum Gasteiger partial charge on any atom is 0.274 e. The van der Waals surface area contributed by atoms with E-state index < -0.39 is 0 Å². The smallest absolute Gasteiger partial charge is 0.274 e. The van der Waals surface area contributed by atoms with E-state index in [0.717, 1.165) is 16.3 Å². The van der Waals surface area contributed by atoms with Crippen LogP contribution in [0.2, 0.25) is 5.02 Å². The van der Waals surface area contributed by atoms with E-state index in [4.69, 9.17) is 11.6 Å². The third kappa shape index (κ3) is 3.85. The third-order valence-electron chi connectivity index (χ3n) is 2.45. The number of anilines is 1. The van der Waals surface area contributed by atoms with Gasteiger partial charge in [0.05, 0.1) is 5.69 Å². The fraction of sp³-hybridized carbons (Fsp3) is 0.0667. The van der Waals surface area contributed by atoms with E-state index in [1.807, 2.05) is 30.3 Å². The van der Waals surface area contributed by atoms with Gasteiger partial charge in [0.25, 0.3) is 5.91 Å². The van der Waals surface area contributed by atoms with Crippen LogP contribution in [0.4, 0.5) is 5.69 Å². The lowest BCUT2D eigenvalue weighted by Crippen LogP contribution is -2.14. The summed E-state index contributed by atoms with van der Waals surface area (Å²) in [5.74, 6) is 0.501. The molecule has 1 heterocycles. The van der Waals surface area contributed by atoms with Crippen molar-refractivity contribution in [3.8, 4) is 0 Å². The summed E-state index contributed by atoms with van der Waals surface area (Å²) in [6, 6.07) is 10.8. The number of pyridine rings is 1. The third-order valence-corrected chi connectivity index (χ3v) is 3.75. The van der Waals surface area contributed by atoms with Gasteiger partial charge in [0.15, 0.2) is 0 Å². The number of para-hydroxylation sites is 1. The van der Waals surface area contributed by atoms with Crippen molar-refractivity contribution in [2.24, 2.45) is 0 Å². The largest absolute Gasteiger partial charge is 0.320 e. The summed E-state index contributed by atoms with van der Waals surface area (Å²) in [7, 11) is 0. The molecule has 0 aliphatic rings. The molecule has 0 radical (unpaired) electrons. The number of hydrogen-bond acceptors (Lipinski definition) is 3. The van der Waals surface area contributed by atoms with Gasteiger partial charge in [-0.1, -0.05) is 29.8 Å². The summed E-state index contributed by atoms with van der Waals surface area (Å²) in [6.45, 7) is 3.69. The molecule has 0 bridgehead atoms. The molecule has 0 unspecified atom stereocenters. The van der Waals surface area contributed by atoms with Crippen molar-refractivity contribution in [3.63, 3.8) is 0 Å². The summed E-state index contributed by atoms with van der Waals surface area (Å²) in [4.78, 5) is 17.1. The number of rotatable bonds is 5. The number of amides is 1. The molecular formula is C15H13ClN2OS. The SMILES string of the molecule is C=CCSc1ccccc1NC(=O)c1cc(Cl)ccn1. The van der Waals surface area contributed by atoms with E-state index >= 15 is 0 Å². The van der Waals surface area contributed by atoms with E-state index in [1.54, 1.807) is 17.8 Å². The first-order chi connectivity index (χ1) is 9.70. The van der Waals surface area contributed by atoms with Crippen molar-refractivity contribution in [2.75, 3.05) is 11.1 Å². The average Bonchev–Trinajstić information content (AvgIpc) is 2.46. The van der Waals surface area contributed by atoms with E-state index in [-0.39, 0.29) is 5.91 Å². The van der Waals surface area contributed by atoms with Gasteiger partial charge in [0, 0.05) is 21.9 Å². The second-order valence-corrected chi connectivity index (χ2v) is 5.41. The van der Waals surface area contributed by atoms with Gasteiger partial charge < -0.3 is 5.32 Å². The van der Waals surface area contributed by atoms with Crippen LogP contribution in [0, 0.1) is 0 Å². The number of nitrogens with one attached hydrogen (secondary N) is 1. The Labute approximate surface area is 127 Å². The number of carbonyl (C=O) groups is 1. The Morgan fingerprint density at radius 1 is 1.40 bits per heavy atom. The highest BCUT2D eigenvalue weighted by Gasteiger charge is 2.10. The first-order valence-electron chi connectivity index (χ1n) is 5.96. The average molecular weight is 305 g/mol. The highest BCUT2D eigenvalue weighted by molar-refractivity contribution is 7.99. The van der Waals surface area contributed by atoms with Gasteiger partial charge in [-0.25, -0.2) is 0 Å². The van der Waals surface area contributed by atoms with Crippen LogP contribution in [-0.2, 0) is 0 Å². The normalized spacial score (nSPS) is 10.1. The van der Waals surface area contributed by atoms with Crippen LogP contribution in [-0.4, -0.2) is 16.6 Å². The van der Waals surface area contributed by atoms with Crippen molar-refractivity contribution in [1.29, 1.82) is 0 Å². The van der Waals surface area contributed by atoms with E-state index in [2.05, 4.69) is 16.9 Å². The van der Waals surface area contributed by atoms with Gasteiger partial charge in [0.2, 0.25) is 0 Å². The van der Waals surface area contributed by atoms with Crippen molar-refractivity contribution >= 4 is 35.0 Å². The fourth-order valence-electron chi connectivity index (χ4n) is 1.56. The predicted molar refractivity (Wildman–Crippen MR) is 84.6 cm³/mol. The summed E-state index contributed by atoms with van der Waals surface area (Å²) in [5, 5.41) is 3.33. The van der Waals surface area contributed by atoms with Crippen molar-refractivity contribution in [3.05, 3.63) is 66.0 Å². The maximum absolute atomic E-state index is 12.1. The molecule has 3 nitrogen and oxygen atoms in total. The molecule has 0 spiro atoms. The van der Waals surface area contributed by atoms with E-state index in [0.29, 0.717) is 10.7 Å². The van der Waals surface area contributed by atoms with Crippen molar-refractivity contribution in [2.45, 2.75) is 4.90 Å². The van der Waals surface area contributed by atoms with Crippen molar-refractivity contribution in [1.82, 2.24) is 4.98 Å². The van der Waals surface area contributed by atoms with Crippen LogP contribution in [0.15, 0.2) is 60.1 Å². The standard InChI is InChI=1S/C15H13ClN2OS/c1-2-9-20-14-6-4-3-5-12(14)18-15(19)13-10-11(16)7-8-17-13/h2-8,10H,1,9H2,(H,18,19). The number of halogens is 1. The second kappa shape index (κ2) is 7.12. The molecule has 20 heavy (non-hydrogen) atoms. The monoisotopic (exact) mass is 304 g/mol. The highest BCUT2D eigenvalue weighted by atomic mass is 35.5. The van der Waals surface area contributed by atoms with Gasteiger partial charge >= 0.3 is 0 Å². The molecule has 0 fully saturated rings. The summed E-state index contributed by atoms with van der Waals surface area (Å²) in [5.41, 5.74) is 1.05. The minimum absolute atomic E-state index is 0.279. The molecule has 1 amide bonds. The van der Waals surface area contributed by atoms with Crippen LogP contribution in [0.5, 0.6) is 0 Å². The summed E-state index contributed by atoms with van der Waals surface area (Å²) >= 11 is 7.46. The molecule has 0 saturated carbocycles. The van der Waals surface area contributed by atoms with E-state index in [1.165, 1.54) is 12.3 Å². The van der Waals surface area contributed by atoms with Crippen LogP contribution >= 0.6 is 23.4 Å². The molecule has 0 atom stereocenters. The quantitative estimate of drug-likeness (QED) is 0.662. The molecular weight excluding hydrogens is 292 g/mol. The molecule has 0 saturated heterocycles. The Hall–Kier alpha value is -1.78. The van der Waals surface area contributed by atoms with Crippen molar-refractivity contribution < 1.29 is 4.79 Å². The highest BCUT2D eigenvalue weighted by Crippen LogP contribution is 2.27. The lowest BCUT2D eigenvalue weighted by molar-refractivity contribution is 0.102. The minimum Gasteiger partial charge on any atom is -0.320 e. The Morgan fingerprint density at radius 2 is 2.20 bits per heavy atom. The van der Waals surface area contributed by atoms with Crippen LogP contribution in [0.25, 0.3) is 0 Å². The van der Waals surface area contributed by atoms with E-state index in [9.17, 15) is 4.79 Å². The lowest BCUT2D eigenvalue weighted by atomic mass is 10.3. The number of benzene rings is 1. The number of carbonyl (C=O) groups excluding carboxylic acids is 1. The van der Waals surface area contributed by atoms with Gasteiger partial charge in [-0.3, -0.25) is 9.78 Å². The lowest BCUT2D eigenvalue weighted by Gasteiger charge is -2.09. The number of hydrogen-bond donors (Lipinski definition) is 1. The zero-order valence-corrected chi connectivity index (χ0v) is 12.2. The van der Waals surface area contributed by atoms with Gasteiger partial charge in [-0.15, -0.1) is 18.3 Å². The molecule has 102 valence electrons. The maximum atomic E-state index is 12.1. The van der Waals surface area contributed by atoms with Crippen LogP contribution in [0.3, 0.4) is 0 Å². The van der Waals surface area contributed by atoms with Crippen LogP contribution < -0.4 is 5.32 Å². The Balaban J connectivity index is 2.17. The van der Waals surface area contributed by atoms with Gasteiger partial charge in [-0.05, 0) is 24.3 Å². The Morgan fingerprint density at radius 3 is 2.95 bits per heavy atom. The molecule has 1 aromatic carbocycles. The molecule has 1 N–H and O–H groups in total. The molecule has 0 aliphatic heterocycles. The zero-order chi connectivity index (χ0) is 14.4. The Kier molecular flexibility index (Phi) is 5.21. The number of aromatic nitrogens is 1. The number of thioether (sulfide) groups is 1. The first kappa shape index (κ1) is 14.6.